The summed E-state index contributed by atoms with van der Waals surface area (Å²) in [5, 5.41) is 4.68. The molecule has 0 bridgehead atoms. The second-order valence-corrected chi connectivity index (χ2v) is 8.64. The van der Waals surface area contributed by atoms with Gasteiger partial charge in [-0.1, -0.05) is 23.2 Å². The summed E-state index contributed by atoms with van der Waals surface area (Å²) in [6.07, 6.45) is -3.04. The van der Waals surface area contributed by atoms with E-state index in [4.69, 9.17) is 28.9 Å². The molecule has 1 aromatic carbocycles. The van der Waals surface area contributed by atoms with E-state index in [9.17, 15) is 18.0 Å². The molecule has 12 heteroatoms. The summed E-state index contributed by atoms with van der Waals surface area (Å²) in [5.74, 6) is 0.515. The molecule has 2 N–H and O–H groups in total. The number of hydrogen-bond donors (Lipinski definition) is 1. The number of nitrogens with zero attached hydrogens (tertiary/aromatic N) is 5. The number of pyridine rings is 1. The van der Waals surface area contributed by atoms with Gasteiger partial charge in [-0.2, -0.15) is 18.3 Å². The maximum atomic E-state index is 13.6. The van der Waals surface area contributed by atoms with Crippen LogP contribution in [0, 0.1) is 0 Å². The molecular formula is C21H20Cl2F3N6O+. The van der Waals surface area contributed by atoms with E-state index in [2.05, 4.69) is 10.1 Å². The topological polar surface area (TPSA) is 77.0 Å². The number of primary amides is 1. The minimum absolute atomic E-state index is 0.120. The summed E-state index contributed by atoms with van der Waals surface area (Å²) in [4.78, 5) is 17.6. The Bertz CT molecular complexity index is 1160. The predicted molar refractivity (Wildman–Crippen MR) is 119 cm³/mol. The second-order valence-electron chi connectivity index (χ2n) is 7.79. The molecular weight excluding hydrogens is 480 g/mol. The van der Waals surface area contributed by atoms with E-state index < -0.39 is 17.9 Å². The first-order valence-electron chi connectivity index (χ1n) is 10.0. The molecule has 0 saturated carbocycles. The number of halogens is 5. The first-order chi connectivity index (χ1) is 15.6. The summed E-state index contributed by atoms with van der Waals surface area (Å²) in [6, 6.07) is 10.2. The van der Waals surface area contributed by atoms with Gasteiger partial charge in [0.25, 0.3) is 0 Å². The minimum Gasteiger partial charge on any atom is -0.351 e. The number of nitrogens with two attached hydrogens (primary N) is 1. The maximum Gasteiger partial charge on any atom is 0.435 e. The zero-order chi connectivity index (χ0) is 23.8. The smallest absolute Gasteiger partial charge is 0.351 e. The number of urea groups is 1. The van der Waals surface area contributed by atoms with Gasteiger partial charge < -0.3 is 10.6 Å². The van der Waals surface area contributed by atoms with Crippen molar-refractivity contribution in [3.8, 4) is 5.69 Å². The van der Waals surface area contributed by atoms with Crippen LogP contribution in [0.25, 0.3) is 5.69 Å². The monoisotopic (exact) mass is 499 g/mol. The van der Waals surface area contributed by atoms with Crippen molar-refractivity contribution in [2.24, 2.45) is 5.73 Å². The number of rotatable bonds is 4. The quantitative estimate of drug-likeness (QED) is 0.537. The van der Waals surface area contributed by atoms with E-state index >= 15 is 0 Å². The molecule has 2 amide bonds. The second kappa shape index (κ2) is 8.85. The van der Waals surface area contributed by atoms with Crippen molar-refractivity contribution in [3.63, 3.8) is 0 Å². The number of benzene rings is 1. The molecule has 1 saturated heterocycles. The third kappa shape index (κ3) is 4.78. The standard InChI is InChI=1S/C21H19Cl2F3N6O/c22-14-3-5-15(6-4-14)31-16(12-18(29-31)21(24,25)26)13-32(19-17(23)2-1-7-28-19)10-8-30(9-11-32)20(27)33/h1-7,12H,8-11,13H2,(H-,27,33)/p+1. The highest BCUT2D eigenvalue weighted by atomic mass is 35.5. The molecule has 1 fully saturated rings. The van der Waals surface area contributed by atoms with Crippen molar-refractivity contribution >= 4 is 35.1 Å². The van der Waals surface area contributed by atoms with Gasteiger partial charge in [0.1, 0.15) is 24.7 Å². The largest absolute Gasteiger partial charge is 0.435 e. The highest BCUT2D eigenvalue weighted by molar-refractivity contribution is 6.32. The molecule has 174 valence electrons. The molecule has 0 spiro atoms. The number of amides is 2. The van der Waals surface area contributed by atoms with Crippen molar-refractivity contribution in [2.45, 2.75) is 12.7 Å². The van der Waals surface area contributed by atoms with Crippen LogP contribution in [0.15, 0.2) is 48.7 Å². The Labute approximate surface area is 197 Å². The van der Waals surface area contributed by atoms with Gasteiger partial charge >= 0.3 is 12.2 Å². The van der Waals surface area contributed by atoms with Gasteiger partial charge in [-0.05, 0) is 42.5 Å². The number of carbonyl (C=O) groups excluding carboxylic acids is 1. The fourth-order valence-electron chi connectivity index (χ4n) is 4.03. The van der Waals surface area contributed by atoms with E-state index in [1.807, 2.05) is 0 Å². The van der Waals surface area contributed by atoms with Gasteiger partial charge in [-0.15, -0.1) is 0 Å². The normalized spacial score (nSPS) is 16.1. The lowest BCUT2D eigenvalue weighted by Gasteiger charge is -2.43. The molecule has 7 nitrogen and oxygen atoms in total. The maximum absolute atomic E-state index is 13.6. The van der Waals surface area contributed by atoms with Crippen LogP contribution in [0.1, 0.15) is 11.4 Å². The molecule has 1 aliphatic heterocycles. The van der Waals surface area contributed by atoms with Crippen LogP contribution in [-0.4, -0.2) is 51.9 Å². The Hall–Kier alpha value is -2.82. The first kappa shape index (κ1) is 23.3. The molecule has 1 aliphatic rings. The van der Waals surface area contributed by atoms with Crippen LogP contribution in [-0.2, 0) is 12.7 Å². The molecule has 3 heterocycles. The highest BCUT2D eigenvalue weighted by Gasteiger charge is 2.42. The number of aromatic nitrogens is 3. The van der Waals surface area contributed by atoms with E-state index in [-0.39, 0.29) is 11.0 Å². The van der Waals surface area contributed by atoms with Gasteiger partial charge in [0.15, 0.2) is 5.69 Å². The fraction of sp³-hybridized carbons (Fsp3) is 0.286. The minimum atomic E-state index is -4.62. The van der Waals surface area contributed by atoms with Crippen molar-refractivity contribution in [2.75, 3.05) is 26.2 Å². The Morgan fingerprint density at radius 1 is 1.12 bits per heavy atom. The lowest BCUT2D eigenvalue weighted by atomic mass is 10.2. The molecule has 3 aromatic rings. The van der Waals surface area contributed by atoms with E-state index in [0.29, 0.717) is 53.4 Å². The number of alkyl halides is 3. The van der Waals surface area contributed by atoms with Crippen LogP contribution < -0.4 is 10.2 Å². The van der Waals surface area contributed by atoms with Crippen molar-refractivity contribution in [3.05, 3.63) is 70.1 Å². The predicted octanol–water partition coefficient (Wildman–Crippen LogP) is 4.49. The van der Waals surface area contributed by atoms with E-state index in [0.717, 1.165) is 6.07 Å². The van der Waals surface area contributed by atoms with Crippen molar-refractivity contribution in [1.82, 2.24) is 24.1 Å². The first-order valence-corrected chi connectivity index (χ1v) is 10.8. The molecule has 0 aliphatic carbocycles. The summed E-state index contributed by atoms with van der Waals surface area (Å²) in [7, 11) is 0. The van der Waals surface area contributed by atoms with Gasteiger partial charge in [0, 0.05) is 11.2 Å². The van der Waals surface area contributed by atoms with Crippen molar-refractivity contribution in [1.29, 1.82) is 0 Å². The number of hydrogen-bond acceptors (Lipinski definition) is 3. The molecule has 0 unspecified atom stereocenters. The molecule has 0 radical (unpaired) electrons. The van der Waals surface area contributed by atoms with E-state index in [1.165, 1.54) is 9.58 Å². The zero-order valence-corrected chi connectivity index (χ0v) is 18.8. The molecule has 4 rings (SSSR count). The fourth-order valence-corrected chi connectivity index (χ4v) is 4.45. The average molecular weight is 500 g/mol. The van der Waals surface area contributed by atoms with Gasteiger partial charge in [-0.25, -0.2) is 14.5 Å². The Kier molecular flexibility index (Phi) is 6.26. The van der Waals surface area contributed by atoms with Crippen LogP contribution in [0.2, 0.25) is 10.0 Å². The zero-order valence-electron chi connectivity index (χ0n) is 17.3. The number of carbonyl (C=O) groups is 1. The molecule has 33 heavy (non-hydrogen) atoms. The summed E-state index contributed by atoms with van der Waals surface area (Å²) in [6.45, 7) is 1.47. The molecule has 0 atom stereocenters. The number of piperazine rings is 1. The lowest BCUT2D eigenvalue weighted by molar-refractivity contribution is -0.141. The Morgan fingerprint density at radius 3 is 2.36 bits per heavy atom. The van der Waals surface area contributed by atoms with Gasteiger partial charge in [-0.3, -0.25) is 4.48 Å². The summed E-state index contributed by atoms with van der Waals surface area (Å²) < 4.78 is 42.1. The molecule has 2 aromatic heterocycles. The summed E-state index contributed by atoms with van der Waals surface area (Å²) in [5.41, 5.74) is 5.18. The summed E-state index contributed by atoms with van der Waals surface area (Å²) >= 11 is 12.4. The lowest BCUT2D eigenvalue weighted by Crippen LogP contribution is -2.62. The Morgan fingerprint density at radius 2 is 1.79 bits per heavy atom. The average Bonchev–Trinajstić information content (AvgIpc) is 3.19. The third-order valence-electron chi connectivity index (χ3n) is 5.71. The van der Waals surface area contributed by atoms with Crippen LogP contribution >= 0.6 is 23.2 Å². The third-order valence-corrected chi connectivity index (χ3v) is 6.25. The van der Waals surface area contributed by atoms with Crippen LogP contribution in [0.3, 0.4) is 0 Å². The van der Waals surface area contributed by atoms with Gasteiger partial charge in [0.05, 0.1) is 24.5 Å². The highest BCUT2D eigenvalue weighted by Crippen LogP contribution is 2.35. The van der Waals surface area contributed by atoms with Crippen LogP contribution in [0.5, 0.6) is 0 Å². The number of quaternary nitrogens is 1. The van der Waals surface area contributed by atoms with Crippen molar-refractivity contribution < 1.29 is 18.0 Å². The van der Waals surface area contributed by atoms with E-state index in [1.54, 1.807) is 42.6 Å². The SMILES string of the molecule is NC(=O)N1CC[N+](Cc2cc(C(F)(F)F)nn2-c2ccc(Cl)cc2)(c2ncccc2Cl)CC1. The van der Waals surface area contributed by atoms with Crippen LogP contribution in [0.4, 0.5) is 23.8 Å². The Balaban J connectivity index is 1.81. The van der Waals surface area contributed by atoms with Gasteiger partial charge in [0.2, 0.25) is 5.82 Å².